The van der Waals surface area contributed by atoms with Crippen molar-refractivity contribution in [2.75, 3.05) is 0 Å². The highest BCUT2D eigenvalue weighted by Gasteiger charge is 2.30. The average molecular weight is 514 g/mol. The van der Waals surface area contributed by atoms with E-state index in [-0.39, 0.29) is 0 Å². The summed E-state index contributed by atoms with van der Waals surface area (Å²) in [5, 5.41) is 0. The van der Waals surface area contributed by atoms with Crippen LogP contribution >= 0.6 is 129 Å². The van der Waals surface area contributed by atoms with E-state index in [9.17, 15) is 0 Å². The molecular formula is H18P16. The largest absolute Gasteiger partial charge is 0.109 e. The molecule has 0 aromatic heterocycles. The summed E-state index contributed by atoms with van der Waals surface area (Å²) in [4.78, 5) is 0. The van der Waals surface area contributed by atoms with Crippen LogP contribution in [-0.4, -0.2) is 0 Å². The van der Waals surface area contributed by atoms with Crippen molar-refractivity contribution in [1.82, 2.24) is 0 Å². The summed E-state index contributed by atoms with van der Waals surface area (Å²) in [6.45, 7) is 1.46. The van der Waals surface area contributed by atoms with E-state index in [1.54, 1.807) is 0 Å². The third-order valence-corrected chi connectivity index (χ3v) is 104. The zero-order chi connectivity index (χ0) is 12.6. The van der Waals surface area contributed by atoms with E-state index in [0.29, 0.717) is 27.9 Å². The highest BCUT2D eigenvalue weighted by Crippen LogP contribution is 3.19. The van der Waals surface area contributed by atoms with Crippen LogP contribution in [0.4, 0.5) is 0 Å². The van der Waals surface area contributed by atoms with E-state index in [1.165, 1.54) is 0 Å². The van der Waals surface area contributed by atoms with Gasteiger partial charge in [0.1, 0.15) is 0 Å². The minimum Gasteiger partial charge on any atom is -0.109 e. The van der Waals surface area contributed by atoms with Crippen LogP contribution in [0.3, 0.4) is 0 Å². The standard InChI is InChI=1S/H18P16/c1-7-13(8-2)15(11-5)16(12-6)14(9-3)10-4/h7-12H,1-6H2. The van der Waals surface area contributed by atoms with Crippen molar-refractivity contribution < 1.29 is 0 Å². The molecule has 0 amide bonds. The second kappa shape index (κ2) is 15.4. The van der Waals surface area contributed by atoms with Crippen LogP contribution in [0, 0.1) is 0 Å². The van der Waals surface area contributed by atoms with Crippen LogP contribution in [0.15, 0.2) is 0 Å². The fourth-order valence-electron chi connectivity index (χ4n) is 0.688. The fourth-order valence-corrected chi connectivity index (χ4v) is 167. The molecular weight excluding hydrogens is 496 g/mol. The quantitative estimate of drug-likeness (QED) is 0.270. The molecule has 0 aliphatic heterocycles. The molecule has 0 saturated heterocycles. The van der Waals surface area contributed by atoms with E-state index in [4.69, 9.17) is 0 Å². The van der Waals surface area contributed by atoms with Gasteiger partial charge in [-0.1, -0.05) is 47.7 Å². The molecule has 0 aliphatic carbocycles. The smallest absolute Gasteiger partial charge is 0.0116 e. The number of hydrogen-bond donors (Lipinski definition) is 0. The summed E-state index contributed by atoms with van der Waals surface area (Å²) in [5.41, 5.74) is 0. The summed E-state index contributed by atoms with van der Waals surface area (Å²) in [7, 11) is 25.2. The normalized spacial score (nSPS) is 23.6. The zero-order valence-electron chi connectivity index (χ0n) is 8.25. The maximum Gasteiger partial charge on any atom is -0.0116 e. The van der Waals surface area contributed by atoms with Crippen LogP contribution < -0.4 is 0 Å². The molecule has 16 heavy (non-hydrogen) atoms. The molecule has 0 aromatic carbocycles. The van der Waals surface area contributed by atoms with Gasteiger partial charge in [-0.15, -0.1) is 53.6 Å². The topological polar surface area (TPSA) is 0 Å². The second-order valence-corrected chi connectivity index (χ2v) is 53.4. The van der Waals surface area contributed by atoms with Crippen molar-refractivity contribution in [1.29, 1.82) is 0 Å². The van der Waals surface area contributed by atoms with Crippen LogP contribution in [0.5, 0.6) is 0 Å². The lowest BCUT2D eigenvalue weighted by Crippen LogP contribution is -1.46. The molecule has 14 unspecified atom stereocenters. The highest BCUT2D eigenvalue weighted by atomic mass is 33.3. The first-order valence-corrected chi connectivity index (χ1v) is 33.1. The van der Waals surface area contributed by atoms with Gasteiger partial charge in [-0.2, -0.15) is 0 Å². The molecule has 0 nitrogen and oxygen atoms in total. The molecule has 0 aliphatic rings. The Labute approximate surface area is 128 Å². The van der Waals surface area contributed by atoms with E-state index < -0.39 is 0 Å². The Morgan fingerprint density at radius 3 is 0.812 bits per heavy atom. The molecule has 0 heterocycles. The lowest BCUT2D eigenvalue weighted by Gasteiger charge is -2.35. The van der Waals surface area contributed by atoms with Gasteiger partial charge in [0, 0.05) is 0 Å². The van der Waals surface area contributed by atoms with Crippen molar-refractivity contribution in [3.05, 3.63) is 0 Å². The minimum atomic E-state index is 0.358. The summed E-state index contributed by atoms with van der Waals surface area (Å²) in [6.07, 6.45) is 0. The molecule has 0 spiro atoms. The Bertz CT molecular complexity index is 124. The van der Waals surface area contributed by atoms with Gasteiger partial charge in [0.25, 0.3) is 0 Å². The first-order chi connectivity index (χ1) is 7.69. The molecule has 0 rings (SSSR count). The number of rotatable bonds is 9. The van der Waals surface area contributed by atoms with Crippen molar-refractivity contribution in [2.24, 2.45) is 0 Å². The second-order valence-electron chi connectivity index (χ2n) is 1.98. The van der Waals surface area contributed by atoms with E-state index in [1.807, 2.05) is 0 Å². The van der Waals surface area contributed by atoms with Gasteiger partial charge >= 0.3 is 0 Å². The third kappa shape index (κ3) is 8.65. The molecule has 0 fully saturated rings. The molecule has 0 radical (unpaired) electrons. The lowest BCUT2D eigenvalue weighted by atomic mass is 28.7. The Kier molecular flexibility index (Phi) is 22.0. The SMILES string of the molecule is PPP(PP)P(PP)P(PP)P(PP)PP. The molecule has 0 bridgehead atoms. The Morgan fingerprint density at radius 2 is 0.688 bits per heavy atom. The molecule has 0 aromatic rings. The minimum absolute atomic E-state index is 0.358. The Morgan fingerprint density at radius 1 is 0.438 bits per heavy atom. The van der Waals surface area contributed by atoms with E-state index in [0.717, 1.165) is 47.7 Å². The van der Waals surface area contributed by atoms with Gasteiger partial charge in [0.15, 0.2) is 0 Å². The van der Waals surface area contributed by atoms with Gasteiger partial charge in [-0.3, -0.25) is 0 Å². The number of hydrogen-bond acceptors (Lipinski definition) is 0. The van der Waals surface area contributed by atoms with Crippen LogP contribution in [0.2, 0.25) is 0 Å². The summed E-state index contributed by atoms with van der Waals surface area (Å²) >= 11 is 0. The van der Waals surface area contributed by atoms with Crippen molar-refractivity contribution in [3.8, 4) is 0 Å². The summed E-state index contributed by atoms with van der Waals surface area (Å²) in [5.74, 6) is 0. The molecule has 0 saturated carbocycles. The highest BCUT2D eigenvalue weighted by molar-refractivity contribution is 9.25. The van der Waals surface area contributed by atoms with Crippen molar-refractivity contribution in [2.45, 2.75) is 0 Å². The third-order valence-electron chi connectivity index (χ3n) is 1.28. The van der Waals surface area contributed by atoms with Gasteiger partial charge in [-0.05, 0) is 27.9 Å². The zero-order valence-corrected chi connectivity index (χ0v) is 24.8. The van der Waals surface area contributed by atoms with Crippen molar-refractivity contribution >= 4 is 129 Å². The predicted octanol–water partition coefficient (Wildman–Crippen LogP) is 8.96. The maximum atomic E-state index is 3.08. The monoisotopic (exact) mass is 514 g/mol. The first-order valence-electron chi connectivity index (χ1n) is 3.67. The van der Waals surface area contributed by atoms with E-state index in [2.05, 4.69) is 53.6 Å². The lowest BCUT2D eigenvalue weighted by molar-refractivity contribution is 4.60. The summed E-state index contributed by atoms with van der Waals surface area (Å²) < 4.78 is 0. The van der Waals surface area contributed by atoms with Crippen LogP contribution in [-0.2, 0) is 0 Å². The van der Waals surface area contributed by atoms with Gasteiger partial charge in [0.05, 0.1) is 0 Å². The van der Waals surface area contributed by atoms with Crippen LogP contribution in [0.25, 0.3) is 0 Å². The van der Waals surface area contributed by atoms with Gasteiger partial charge < -0.3 is 0 Å². The summed E-state index contributed by atoms with van der Waals surface area (Å²) in [6, 6.07) is 0. The first kappa shape index (κ1) is 22.9. The average Bonchev–Trinajstić information content (AvgIpc) is 2.33. The van der Waals surface area contributed by atoms with Gasteiger partial charge in [-0.25, -0.2) is 0 Å². The predicted molar refractivity (Wildman–Crippen MR) is 136 cm³/mol. The molecule has 98 valence electrons. The molecule has 16 heteroatoms. The fraction of sp³-hybridized carbons (Fsp3) is 0. The van der Waals surface area contributed by atoms with Gasteiger partial charge in [0.2, 0.25) is 0 Å². The molecule has 14 atom stereocenters. The van der Waals surface area contributed by atoms with E-state index >= 15 is 0 Å². The Hall–Kier alpha value is 6.88. The molecule has 0 N–H and O–H groups in total. The van der Waals surface area contributed by atoms with Crippen molar-refractivity contribution in [3.63, 3.8) is 0 Å². The maximum absolute atomic E-state index is 3.08. The van der Waals surface area contributed by atoms with Crippen LogP contribution in [0.1, 0.15) is 0 Å². The Balaban J connectivity index is 4.71.